The second-order valence-corrected chi connectivity index (χ2v) is 6.80. The molecule has 6 heteroatoms. The molecule has 104 valence electrons. The van der Waals surface area contributed by atoms with E-state index in [1.165, 1.54) is 0 Å². The molecule has 1 aromatic rings. The van der Waals surface area contributed by atoms with Crippen LogP contribution in [0.2, 0.25) is 0 Å². The van der Waals surface area contributed by atoms with Gasteiger partial charge in [-0.15, -0.1) is 0 Å². The Morgan fingerprint density at radius 2 is 2.05 bits per heavy atom. The van der Waals surface area contributed by atoms with Crippen molar-refractivity contribution in [3.05, 3.63) is 35.9 Å². The molecule has 2 N–H and O–H groups in total. The van der Waals surface area contributed by atoms with Crippen molar-refractivity contribution < 1.29 is 13.5 Å². The lowest BCUT2D eigenvalue weighted by Crippen LogP contribution is -2.40. The van der Waals surface area contributed by atoms with E-state index in [0.717, 1.165) is 5.56 Å². The van der Waals surface area contributed by atoms with Crippen LogP contribution in [0.5, 0.6) is 0 Å². The largest absolute Gasteiger partial charge is 0.390 e. The predicted octanol–water partition coefficient (Wildman–Crippen LogP) is -0.147. The molecule has 1 aliphatic heterocycles. The smallest absolute Gasteiger partial charge is 0.154 e. The van der Waals surface area contributed by atoms with E-state index < -0.39 is 15.9 Å². The molecule has 1 aliphatic rings. The number of hydrogen-bond acceptors (Lipinski definition) is 5. The molecule has 1 saturated heterocycles. The number of rotatable bonds is 5. The zero-order valence-electron chi connectivity index (χ0n) is 10.6. The van der Waals surface area contributed by atoms with Crippen LogP contribution >= 0.6 is 0 Å². The zero-order chi connectivity index (χ0) is 13.7. The third-order valence-corrected chi connectivity index (χ3v) is 4.73. The highest BCUT2D eigenvalue weighted by Gasteiger charge is 2.35. The summed E-state index contributed by atoms with van der Waals surface area (Å²) >= 11 is 0. The molecule has 0 aliphatic carbocycles. The van der Waals surface area contributed by atoms with Crippen LogP contribution in [0.4, 0.5) is 0 Å². The first-order valence-electron chi connectivity index (χ1n) is 6.23. The highest BCUT2D eigenvalue weighted by molar-refractivity contribution is 7.91. The number of nitrogens with one attached hydrogen (secondary N) is 1. The Morgan fingerprint density at radius 3 is 2.68 bits per heavy atom. The topological polar surface area (TPSA) is 78.8 Å². The summed E-state index contributed by atoms with van der Waals surface area (Å²) in [5.41, 5.74) is 1.03. The molecule has 2 atom stereocenters. The minimum Gasteiger partial charge on any atom is -0.390 e. The fraction of sp³-hybridized carbons (Fsp3) is 0.462. The van der Waals surface area contributed by atoms with Gasteiger partial charge in [-0.3, -0.25) is 4.99 Å². The van der Waals surface area contributed by atoms with Gasteiger partial charge in [0, 0.05) is 18.8 Å². The molecule has 5 nitrogen and oxygen atoms in total. The fourth-order valence-electron chi connectivity index (χ4n) is 2.05. The maximum absolute atomic E-state index is 11.3. The van der Waals surface area contributed by atoms with Crippen LogP contribution in [0, 0.1) is 0 Å². The standard InChI is InChI=1S/C13H18N2O3S/c16-13-10-19(17,18)9-12(13)15-7-6-14-8-11-4-2-1-3-5-11/h1-5,8,12-13,15-16H,6-7,9-10H2/t12-,13+/m1/s1. The van der Waals surface area contributed by atoms with Crippen LogP contribution < -0.4 is 5.32 Å². The van der Waals surface area contributed by atoms with Gasteiger partial charge in [-0.2, -0.15) is 0 Å². The Kier molecular flexibility index (Phi) is 4.68. The molecule has 1 fully saturated rings. The van der Waals surface area contributed by atoms with Crippen molar-refractivity contribution in [2.45, 2.75) is 12.1 Å². The van der Waals surface area contributed by atoms with E-state index in [4.69, 9.17) is 0 Å². The maximum atomic E-state index is 11.3. The van der Waals surface area contributed by atoms with Crippen molar-refractivity contribution in [1.82, 2.24) is 5.32 Å². The number of benzene rings is 1. The second-order valence-electron chi connectivity index (χ2n) is 4.65. The number of aliphatic imine (C=N–C) groups is 1. The number of hydrogen-bond donors (Lipinski definition) is 2. The first kappa shape index (κ1) is 14.2. The lowest BCUT2D eigenvalue weighted by molar-refractivity contribution is 0.167. The molecule has 0 amide bonds. The quantitative estimate of drug-likeness (QED) is 0.582. The Morgan fingerprint density at radius 1 is 1.32 bits per heavy atom. The van der Waals surface area contributed by atoms with Gasteiger partial charge < -0.3 is 10.4 Å². The van der Waals surface area contributed by atoms with Crippen LogP contribution in [0.15, 0.2) is 35.3 Å². The minimum absolute atomic E-state index is 0.0105. The van der Waals surface area contributed by atoms with Gasteiger partial charge in [0.15, 0.2) is 9.84 Å². The van der Waals surface area contributed by atoms with Crippen molar-refractivity contribution in [1.29, 1.82) is 0 Å². The van der Waals surface area contributed by atoms with Gasteiger partial charge in [-0.1, -0.05) is 30.3 Å². The Bertz CT molecular complexity index is 528. The SMILES string of the molecule is O=S1(=O)C[C@H](O)[C@H](NCCN=Cc2ccccc2)C1. The first-order valence-corrected chi connectivity index (χ1v) is 8.06. The van der Waals surface area contributed by atoms with Gasteiger partial charge in [-0.25, -0.2) is 8.42 Å². The van der Waals surface area contributed by atoms with Crippen molar-refractivity contribution in [3.8, 4) is 0 Å². The highest BCUT2D eigenvalue weighted by atomic mass is 32.2. The molecule has 0 aromatic heterocycles. The molecule has 0 radical (unpaired) electrons. The minimum atomic E-state index is -3.08. The number of sulfone groups is 1. The van der Waals surface area contributed by atoms with Gasteiger partial charge in [0.05, 0.1) is 24.2 Å². The monoisotopic (exact) mass is 282 g/mol. The normalized spacial score (nSPS) is 25.9. The summed E-state index contributed by atoms with van der Waals surface area (Å²) in [5.74, 6) is -0.130. The third kappa shape index (κ3) is 4.41. The number of nitrogens with zero attached hydrogens (tertiary/aromatic N) is 1. The zero-order valence-corrected chi connectivity index (χ0v) is 11.4. The number of aliphatic hydroxyl groups excluding tert-OH is 1. The van der Waals surface area contributed by atoms with E-state index >= 15 is 0 Å². The maximum Gasteiger partial charge on any atom is 0.154 e. The molecule has 2 rings (SSSR count). The molecular formula is C13H18N2O3S. The van der Waals surface area contributed by atoms with Crippen molar-refractivity contribution in [2.75, 3.05) is 24.6 Å². The summed E-state index contributed by atoms with van der Waals surface area (Å²) < 4.78 is 22.6. The van der Waals surface area contributed by atoms with Gasteiger partial charge in [-0.05, 0) is 5.56 Å². The van der Waals surface area contributed by atoms with Crippen LogP contribution in [0.25, 0.3) is 0 Å². The molecule has 19 heavy (non-hydrogen) atoms. The lowest BCUT2D eigenvalue weighted by Gasteiger charge is -2.13. The van der Waals surface area contributed by atoms with Gasteiger partial charge in [0.1, 0.15) is 0 Å². The average molecular weight is 282 g/mol. The van der Waals surface area contributed by atoms with E-state index in [0.29, 0.717) is 13.1 Å². The van der Waals surface area contributed by atoms with E-state index in [9.17, 15) is 13.5 Å². The van der Waals surface area contributed by atoms with Crippen LogP contribution in [-0.4, -0.2) is 56.5 Å². The summed E-state index contributed by atoms with van der Waals surface area (Å²) in [7, 11) is -3.08. The second kappa shape index (κ2) is 6.27. The highest BCUT2D eigenvalue weighted by Crippen LogP contribution is 2.11. The molecular weight excluding hydrogens is 264 g/mol. The summed E-state index contributed by atoms with van der Waals surface area (Å²) in [6.45, 7) is 1.11. The molecule has 1 aromatic carbocycles. The number of aliphatic hydroxyl groups is 1. The van der Waals surface area contributed by atoms with Gasteiger partial charge in [0.25, 0.3) is 0 Å². The molecule has 0 bridgehead atoms. The van der Waals surface area contributed by atoms with Crippen LogP contribution in [0.1, 0.15) is 5.56 Å². The van der Waals surface area contributed by atoms with Crippen molar-refractivity contribution in [2.24, 2.45) is 4.99 Å². The third-order valence-electron chi connectivity index (χ3n) is 3.01. The molecule has 0 unspecified atom stereocenters. The Labute approximate surface area is 113 Å². The van der Waals surface area contributed by atoms with E-state index in [1.807, 2.05) is 30.3 Å². The van der Waals surface area contributed by atoms with Gasteiger partial charge >= 0.3 is 0 Å². The lowest BCUT2D eigenvalue weighted by atomic mass is 10.2. The molecule has 0 saturated carbocycles. The van der Waals surface area contributed by atoms with Crippen molar-refractivity contribution in [3.63, 3.8) is 0 Å². The fourth-order valence-corrected chi connectivity index (χ4v) is 3.82. The summed E-state index contributed by atoms with van der Waals surface area (Å²) in [4.78, 5) is 4.25. The van der Waals surface area contributed by atoms with E-state index in [-0.39, 0.29) is 17.5 Å². The van der Waals surface area contributed by atoms with E-state index in [1.54, 1.807) is 6.21 Å². The Hall–Kier alpha value is -1.24. The van der Waals surface area contributed by atoms with Crippen LogP contribution in [0.3, 0.4) is 0 Å². The molecule has 1 heterocycles. The summed E-state index contributed by atoms with van der Waals surface area (Å²) in [5, 5.41) is 12.6. The Balaban J connectivity index is 1.72. The summed E-state index contributed by atoms with van der Waals surface area (Å²) in [6.07, 6.45) is 0.979. The molecule has 0 spiro atoms. The van der Waals surface area contributed by atoms with Gasteiger partial charge in [0.2, 0.25) is 0 Å². The first-order chi connectivity index (χ1) is 9.07. The summed E-state index contributed by atoms with van der Waals surface area (Å²) in [6, 6.07) is 9.39. The average Bonchev–Trinajstić information content (AvgIpc) is 2.63. The van der Waals surface area contributed by atoms with Crippen molar-refractivity contribution >= 4 is 16.1 Å². The van der Waals surface area contributed by atoms with E-state index in [2.05, 4.69) is 10.3 Å². The predicted molar refractivity (Wildman–Crippen MR) is 75.4 cm³/mol. The van der Waals surface area contributed by atoms with Crippen LogP contribution in [-0.2, 0) is 9.84 Å².